The number of rotatable bonds is 6. The van der Waals surface area contributed by atoms with Gasteiger partial charge in [0, 0.05) is 31.7 Å². The maximum Gasteiger partial charge on any atom is 0.191 e. The Morgan fingerprint density at radius 3 is 2.41 bits per heavy atom. The van der Waals surface area contributed by atoms with E-state index < -0.39 is 0 Å². The normalized spacial score (nSPS) is 11.4. The van der Waals surface area contributed by atoms with Crippen molar-refractivity contribution >= 4 is 5.96 Å². The lowest BCUT2D eigenvalue weighted by Gasteiger charge is -2.11. The SMILES string of the molecule is CCNC(=NCc1ccc(-n2ccnc2C)nc1)NCc1ccc(C)cc1. The van der Waals surface area contributed by atoms with Gasteiger partial charge in [-0.05, 0) is 38.0 Å². The van der Waals surface area contributed by atoms with E-state index in [1.807, 2.05) is 30.0 Å². The Morgan fingerprint density at radius 2 is 1.78 bits per heavy atom. The van der Waals surface area contributed by atoms with Crippen LogP contribution in [0.25, 0.3) is 5.82 Å². The van der Waals surface area contributed by atoms with Gasteiger partial charge in [-0.15, -0.1) is 0 Å². The van der Waals surface area contributed by atoms with Crippen LogP contribution in [0.15, 0.2) is 60.0 Å². The third-order valence-corrected chi connectivity index (χ3v) is 4.23. The first-order valence-electron chi connectivity index (χ1n) is 9.18. The molecule has 27 heavy (non-hydrogen) atoms. The van der Waals surface area contributed by atoms with E-state index in [0.717, 1.165) is 36.3 Å². The van der Waals surface area contributed by atoms with Crippen molar-refractivity contribution in [1.29, 1.82) is 0 Å². The van der Waals surface area contributed by atoms with Crippen LogP contribution in [-0.4, -0.2) is 27.0 Å². The molecule has 0 unspecified atom stereocenters. The number of pyridine rings is 1. The minimum atomic E-state index is 0.569. The highest BCUT2D eigenvalue weighted by Gasteiger charge is 2.03. The van der Waals surface area contributed by atoms with E-state index in [1.54, 1.807) is 6.20 Å². The van der Waals surface area contributed by atoms with E-state index in [1.165, 1.54) is 11.1 Å². The van der Waals surface area contributed by atoms with Crippen LogP contribution in [-0.2, 0) is 13.1 Å². The number of nitrogens with one attached hydrogen (secondary N) is 2. The first-order valence-corrected chi connectivity index (χ1v) is 9.18. The van der Waals surface area contributed by atoms with Gasteiger partial charge in [0.25, 0.3) is 0 Å². The molecule has 6 heteroatoms. The van der Waals surface area contributed by atoms with Gasteiger partial charge in [0.2, 0.25) is 0 Å². The zero-order valence-corrected chi connectivity index (χ0v) is 16.1. The Morgan fingerprint density at radius 1 is 1.00 bits per heavy atom. The smallest absolute Gasteiger partial charge is 0.191 e. The monoisotopic (exact) mass is 362 g/mol. The molecule has 0 aliphatic rings. The summed E-state index contributed by atoms with van der Waals surface area (Å²) in [5.41, 5.74) is 3.55. The van der Waals surface area contributed by atoms with Crippen molar-refractivity contribution in [2.75, 3.05) is 6.54 Å². The zero-order chi connectivity index (χ0) is 19.1. The maximum atomic E-state index is 4.66. The highest BCUT2D eigenvalue weighted by Crippen LogP contribution is 2.09. The number of benzene rings is 1. The Bertz CT molecular complexity index is 878. The molecule has 2 N–H and O–H groups in total. The van der Waals surface area contributed by atoms with Gasteiger partial charge in [0.05, 0.1) is 6.54 Å². The molecule has 0 atom stereocenters. The molecular formula is C21H26N6. The standard InChI is InChI=1S/C21H26N6/c1-4-22-21(25-13-18-7-5-16(2)6-8-18)26-15-19-9-10-20(24-14-19)27-12-11-23-17(27)3/h5-12,14H,4,13,15H2,1-3H3,(H2,22,25,26). The lowest BCUT2D eigenvalue weighted by molar-refractivity contribution is 0.815. The van der Waals surface area contributed by atoms with Gasteiger partial charge in [-0.1, -0.05) is 35.9 Å². The number of hydrogen-bond acceptors (Lipinski definition) is 3. The number of aliphatic imine (C=N–C) groups is 1. The average molecular weight is 362 g/mol. The highest BCUT2D eigenvalue weighted by molar-refractivity contribution is 5.79. The minimum Gasteiger partial charge on any atom is -0.357 e. The van der Waals surface area contributed by atoms with Crippen molar-refractivity contribution in [2.45, 2.75) is 33.9 Å². The highest BCUT2D eigenvalue weighted by atomic mass is 15.2. The fraction of sp³-hybridized carbons (Fsp3) is 0.286. The fourth-order valence-electron chi connectivity index (χ4n) is 2.68. The van der Waals surface area contributed by atoms with Crippen molar-refractivity contribution in [3.05, 3.63) is 77.5 Å². The summed E-state index contributed by atoms with van der Waals surface area (Å²) in [5.74, 6) is 2.58. The van der Waals surface area contributed by atoms with Crippen LogP contribution in [0.2, 0.25) is 0 Å². The molecule has 0 bridgehead atoms. The summed E-state index contributed by atoms with van der Waals surface area (Å²) in [4.78, 5) is 13.4. The summed E-state index contributed by atoms with van der Waals surface area (Å²) >= 11 is 0. The van der Waals surface area contributed by atoms with Crippen molar-refractivity contribution in [2.24, 2.45) is 4.99 Å². The molecule has 1 aromatic carbocycles. The Balaban J connectivity index is 1.62. The number of nitrogens with zero attached hydrogens (tertiary/aromatic N) is 4. The van der Waals surface area contributed by atoms with Crippen LogP contribution in [0.5, 0.6) is 0 Å². The van der Waals surface area contributed by atoms with Gasteiger partial charge in [-0.25, -0.2) is 15.0 Å². The number of aromatic nitrogens is 3. The van der Waals surface area contributed by atoms with Crippen LogP contribution < -0.4 is 10.6 Å². The minimum absolute atomic E-state index is 0.569. The molecule has 0 saturated heterocycles. The summed E-state index contributed by atoms with van der Waals surface area (Å²) in [7, 11) is 0. The van der Waals surface area contributed by atoms with E-state index in [-0.39, 0.29) is 0 Å². The van der Waals surface area contributed by atoms with Gasteiger partial charge in [-0.2, -0.15) is 0 Å². The van der Waals surface area contributed by atoms with Crippen LogP contribution in [0, 0.1) is 13.8 Å². The summed E-state index contributed by atoms with van der Waals surface area (Å²) in [6.07, 6.45) is 5.55. The molecule has 0 spiro atoms. The molecule has 2 heterocycles. The van der Waals surface area contributed by atoms with E-state index in [2.05, 4.69) is 69.8 Å². The Kier molecular flexibility index (Phi) is 6.20. The Labute approximate surface area is 160 Å². The maximum absolute atomic E-state index is 4.66. The lowest BCUT2D eigenvalue weighted by Crippen LogP contribution is -2.36. The van der Waals surface area contributed by atoms with E-state index in [4.69, 9.17) is 0 Å². The molecule has 2 aromatic heterocycles. The van der Waals surface area contributed by atoms with Crippen molar-refractivity contribution in [3.8, 4) is 5.82 Å². The topological polar surface area (TPSA) is 67.1 Å². The predicted molar refractivity (Wildman–Crippen MR) is 109 cm³/mol. The van der Waals surface area contributed by atoms with Crippen LogP contribution in [0.3, 0.4) is 0 Å². The molecule has 0 fully saturated rings. The van der Waals surface area contributed by atoms with Gasteiger partial charge in [0.1, 0.15) is 11.6 Å². The summed E-state index contributed by atoms with van der Waals surface area (Å²) in [6, 6.07) is 12.5. The third kappa shape index (κ3) is 5.17. The molecule has 0 radical (unpaired) electrons. The second-order valence-corrected chi connectivity index (χ2v) is 6.40. The first kappa shape index (κ1) is 18.6. The molecule has 3 aromatic rings. The van der Waals surface area contributed by atoms with Gasteiger partial charge >= 0.3 is 0 Å². The molecular weight excluding hydrogens is 336 g/mol. The number of guanidine groups is 1. The molecule has 6 nitrogen and oxygen atoms in total. The van der Waals surface area contributed by atoms with Gasteiger partial charge in [0.15, 0.2) is 5.96 Å². The van der Waals surface area contributed by atoms with Crippen LogP contribution in [0.4, 0.5) is 0 Å². The molecule has 0 aliphatic carbocycles. The van der Waals surface area contributed by atoms with Crippen molar-refractivity contribution < 1.29 is 0 Å². The second kappa shape index (κ2) is 8.98. The average Bonchev–Trinajstić information content (AvgIpc) is 3.11. The number of aryl methyl sites for hydroxylation is 2. The Hall–Kier alpha value is -3.15. The van der Waals surface area contributed by atoms with Gasteiger partial charge in [-0.3, -0.25) is 4.57 Å². The predicted octanol–water partition coefficient (Wildman–Crippen LogP) is 3.14. The second-order valence-electron chi connectivity index (χ2n) is 6.40. The van der Waals surface area contributed by atoms with E-state index in [9.17, 15) is 0 Å². The lowest BCUT2D eigenvalue weighted by atomic mass is 10.1. The third-order valence-electron chi connectivity index (χ3n) is 4.23. The molecule has 0 saturated carbocycles. The van der Waals surface area contributed by atoms with Crippen molar-refractivity contribution in [3.63, 3.8) is 0 Å². The molecule has 140 valence electrons. The van der Waals surface area contributed by atoms with Crippen molar-refractivity contribution in [1.82, 2.24) is 25.2 Å². The molecule has 0 amide bonds. The summed E-state index contributed by atoms with van der Waals surface area (Å²) < 4.78 is 1.96. The first-order chi connectivity index (χ1) is 13.2. The summed E-state index contributed by atoms with van der Waals surface area (Å²) in [6.45, 7) is 8.24. The number of imidazole rings is 1. The largest absolute Gasteiger partial charge is 0.357 e. The number of hydrogen-bond donors (Lipinski definition) is 2. The summed E-state index contributed by atoms with van der Waals surface area (Å²) in [5, 5.41) is 6.66. The van der Waals surface area contributed by atoms with Crippen LogP contribution in [0.1, 0.15) is 29.4 Å². The molecule has 3 rings (SSSR count). The zero-order valence-electron chi connectivity index (χ0n) is 16.1. The van der Waals surface area contributed by atoms with Gasteiger partial charge < -0.3 is 10.6 Å². The fourth-order valence-corrected chi connectivity index (χ4v) is 2.68. The van der Waals surface area contributed by atoms with Crippen LogP contribution >= 0.6 is 0 Å². The van der Waals surface area contributed by atoms with E-state index >= 15 is 0 Å². The molecule has 0 aliphatic heterocycles. The van der Waals surface area contributed by atoms with E-state index in [0.29, 0.717) is 6.54 Å². The quantitative estimate of drug-likeness (QED) is 0.522.